The Morgan fingerprint density at radius 3 is 2.67 bits per heavy atom. The fourth-order valence-corrected chi connectivity index (χ4v) is 3.65. The van der Waals surface area contributed by atoms with Crippen LogP contribution in [0.1, 0.15) is 19.3 Å². The standard InChI is InChI=1S/C11H16I2N2O3/c12-8(10(14)16)9(13)11(17)15-4-5-18-7-3-1-2-6(7)15/h6-9H,1-5H2,(H2,14,16). The Bertz CT molecular complexity index is 353. The summed E-state index contributed by atoms with van der Waals surface area (Å²) >= 11 is 3.97. The van der Waals surface area contributed by atoms with Crippen LogP contribution in [-0.4, -0.2) is 49.9 Å². The van der Waals surface area contributed by atoms with Crippen molar-refractivity contribution in [1.29, 1.82) is 0 Å². The predicted octanol–water partition coefficient (Wildman–Crippen LogP) is 0.859. The maximum Gasteiger partial charge on any atom is 0.237 e. The highest BCUT2D eigenvalue weighted by atomic mass is 127. The minimum Gasteiger partial charge on any atom is -0.374 e. The number of alkyl halides is 2. The summed E-state index contributed by atoms with van der Waals surface area (Å²) in [6.45, 7) is 1.22. The van der Waals surface area contributed by atoms with E-state index in [9.17, 15) is 9.59 Å². The van der Waals surface area contributed by atoms with Gasteiger partial charge in [0.2, 0.25) is 11.8 Å². The van der Waals surface area contributed by atoms with Crippen LogP contribution in [0, 0.1) is 0 Å². The summed E-state index contributed by atoms with van der Waals surface area (Å²) in [6, 6.07) is 0.194. The topological polar surface area (TPSA) is 72.6 Å². The molecule has 2 rings (SSSR count). The van der Waals surface area contributed by atoms with Crippen molar-refractivity contribution in [3.8, 4) is 0 Å². The Kier molecular flexibility index (Phi) is 5.09. The summed E-state index contributed by atoms with van der Waals surface area (Å²) in [6.07, 6.45) is 3.33. The first-order valence-corrected chi connectivity index (χ1v) is 8.51. The van der Waals surface area contributed by atoms with Gasteiger partial charge in [-0.25, -0.2) is 0 Å². The number of carbonyl (C=O) groups is 2. The second-order valence-corrected chi connectivity index (χ2v) is 7.33. The lowest BCUT2D eigenvalue weighted by molar-refractivity contribution is -0.143. The third kappa shape index (κ3) is 2.92. The van der Waals surface area contributed by atoms with Gasteiger partial charge in [-0.15, -0.1) is 0 Å². The Balaban J connectivity index is 2.05. The number of fused-ring (bicyclic) bond motifs is 1. The van der Waals surface area contributed by atoms with Crippen LogP contribution in [0.25, 0.3) is 0 Å². The first-order chi connectivity index (χ1) is 8.52. The molecule has 0 spiro atoms. The van der Waals surface area contributed by atoms with Crippen LogP contribution in [0.4, 0.5) is 0 Å². The maximum atomic E-state index is 12.4. The average molecular weight is 478 g/mol. The summed E-state index contributed by atoms with van der Waals surface area (Å²) in [5, 5.41) is 0. The van der Waals surface area contributed by atoms with E-state index in [2.05, 4.69) is 0 Å². The molecule has 2 amide bonds. The molecule has 1 aliphatic carbocycles. The summed E-state index contributed by atoms with van der Waals surface area (Å²) in [5.74, 6) is -0.409. The van der Waals surface area contributed by atoms with Gasteiger partial charge in [0.25, 0.3) is 0 Å². The van der Waals surface area contributed by atoms with Crippen LogP contribution in [0.5, 0.6) is 0 Å². The first-order valence-electron chi connectivity index (χ1n) is 6.02. The van der Waals surface area contributed by atoms with E-state index < -0.39 is 9.83 Å². The number of primary amides is 1. The molecule has 1 saturated carbocycles. The van der Waals surface area contributed by atoms with E-state index in [1.165, 1.54) is 0 Å². The highest BCUT2D eigenvalue weighted by Gasteiger charge is 2.41. The van der Waals surface area contributed by atoms with Gasteiger partial charge in [-0.2, -0.15) is 0 Å². The van der Waals surface area contributed by atoms with Crippen molar-refractivity contribution in [3.05, 3.63) is 0 Å². The summed E-state index contributed by atoms with van der Waals surface area (Å²) in [5.41, 5.74) is 5.26. The summed E-state index contributed by atoms with van der Waals surface area (Å²) in [4.78, 5) is 25.5. The quantitative estimate of drug-likeness (QED) is 0.484. The molecule has 0 radical (unpaired) electrons. The molecule has 0 aromatic carbocycles. The van der Waals surface area contributed by atoms with Gasteiger partial charge in [-0.3, -0.25) is 9.59 Å². The normalized spacial score (nSPS) is 30.7. The number of carbonyl (C=O) groups excluding carboxylic acids is 2. The second kappa shape index (κ2) is 6.21. The minimum atomic E-state index is -0.460. The fraction of sp³-hybridized carbons (Fsp3) is 0.818. The van der Waals surface area contributed by atoms with Crippen LogP contribution < -0.4 is 5.73 Å². The Labute approximate surface area is 133 Å². The zero-order chi connectivity index (χ0) is 13.3. The van der Waals surface area contributed by atoms with Crippen LogP contribution in [0.3, 0.4) is 0 Å². The van der Waals surface area contributed by atoms with Gasteiger partial charge in [0.05, 0.1) is 18.8 Å². The maximum absolute atomic E-state index is 12.4. The van der Waals surface area contributed by atoms with E-state index in [4.69, 9.17) is 10.5 Å². The van der Waals surface area contributed by atoms with E-state index in [0.29, 0.717) is 13.2 Å². The van der Waals surface area contributed by atoms with Gasteiger partial charge in [-0.05, 0) is 19.3 Å². The molecule has 2 N–H and O–H groups in total. The summed E-state index contributed by atoms with van der Waals surface area (Å²) in [7, 11) is 0. The number of ether oxygens (including phenoxy) is 1. The van der Waals surface area contributed by atoms with E-state index in [-0.39, 0.29) is 22.0 Å². The number of halogens is 2. The molecule has 0 bridgehead atoms. The highest BCUT2D eigenvalue weighted by Crippen LogP contribution is 2.31. The lowest BCUT2D eigenvalue weighted by atomic mass is 10.1. The highest BCUT2D eigenvalue weighted by molar-refractivity contribution is 14.1. The van der Waals surface area contributed by atoms with Crippen LogP contribution in [0.2, 0.25) is 0 Å². The van der Waals surface area contributed by atoms with Crippen LogP contribution >= 0.6 is 45.2 Å². The number of nitrogens with two attached hydrogens (primary N) is 1. The van der Waals surface area contributed by atoms with Crippen LogP contribution in [0.15, 0.2) is 0 Å². The van der Waals surface area contributed by atoms with E-state index in [0.717, 1.165) is 19.3 Å². The molecular formula is C11H16I2N2O3. The number of rotatable bonds is 3. The molecule has 5 nitrogen and oxygen atoms in total. The largest absolute Gasteiger partial charge is 0.374 e. The molecule has 18 heavy (non-hydrogen) atoms. The summed E-state index contributed by atoms with van der Waals surface area (Å²) < 4.78 is 4.83. The van der Waals surface area contributed by atoms with Crippen molar-refractivity contribution in [3.63, 3.8) is 0 Å². The molecule has 102 valence electrons. The fourth-order valence-electron chi connectivity index (χ4n) is 2.63. The SMILES string of the molecule is NC(=O)C(I)C(I)C(=O)N1CCOC2CCCC21. The smallest absolute Gasteiger partial charge is 0.237 e. The first kappa shape index (κ1) is 14.8. The van der Waals surface area contributed by atoms with Crippen molar-refractivity contribution in [2.75, 3.05) is 13.2 Å². The monoisotopic (exact) mass is 478 g/mol. The van der Waals surface area contributed by atoms with Crippen molar-refractivity contribution in [2.45, 2.75) is 39.3 Å². The van der Waals surface area contributed by atoms with Gasteiger partial charge in [0.15, 0.2) is 0 Å². The predicted molar refractivity (Wildman–Crippen MR) is 83.9 cm³/mol. The van der Waals surface area contributed by atoms with E-state index in [1.807, 2.05) is 50.1 Å². The van der Waals surface area contributed by atoms with E-state index >= 15 is 0 Å². The van der Waals surface area contributed by atoms with Gasteiger partial charge in [0.1, 0.15) is 7.85 Å². The Morgan fingerprint density at radius 1 is 1.28 bits per heavy atom. The molecule has 1 heterocycles. The number of hydrogen-bond acceptors (Lipinski definition) is 3. The van der Waals surface area contributed by atoms with Crippen molar-refractivity contribution in [1.82, 2.24) is 4.90 Å². The number of amides is 2. The zero-order valence-corrected chi connectivity index (χ0v) is 14.2. The number of hydrogen-bond donors (Lipinski definition) is 1. The molecule has 2 fully saturated rings. The second-order valence-electron chi connectivity index (χ2n) is 4.65. The molecule has 2 aliphatic rings. The number of nitrogens with zero attached hydrogens (tertiary/aromatic N) is 1. The van der Waals surface area contributed by atoms with Crippen molar-refractivity contribution >= 4 is 57.0 Å². The van der Waals surface area contributed by atoms with Crippen LogP contribution in [-0.2, 0) is 14.3 Å². The van der Waals surface area contributed by atoms with E-state index in [1.54, 1.807) is 0 Å². The van der Waals surface area contributed by atoms with Gasteiger partial charge in [0, 0.05) is 6.54 Å². The molecule has 4 unspecified atom stereocenters. The lowest BCUT2D eigenvalue weighted by Gasteiger charge is -2.39. The molecule has 7 heteroatoms. The molecule has 0 aromatic heterocycles. The Morgan fingerprint density at radius 2 is 2.00 bits per heavy atom. The molecule has 1 saturated heterocycles. The minimum absolute atomic E-state index is 0.0222. The average Bonchev–Trinajstić information content (AvgIpc) is 2.83. The number of morpholine rings is 1. The molecular weight excluding hydrogens is 462 g/mol. The van der Waals surface area contributed by atoms with Gasteiger partial charge >= 0.3 is 0 Å². The molecule has 0 aromatic rings. The van der Waals surface area contributed by atoms with Crippen molar-refractivity contribution in [2.24, 2.45) is 5.73 Å². The van der Waals surface area contributed by atoms with Gasteiger partial charge < -0.3 is 15.4 Å². The molecule has 4 atom stereocenters. The third-order valence-corrected chi connectivity index (χ3v) is 7.49. The van der Waals surface area contributed by atoms with Gasteiger partial charge in [-0.1, -0.05) is 45.2 Å². The lowest BCUT2D eigenvalue weighted by Crippen LogP contribution is -2.55. The Hall–Kier alpha value is 0.360. The van der Waals surface area contributed by atoms with Crippen molar-refractivity contribution < 1.29 is 14.3 Å². The molecule has 1 aliphatic heterocycles. The zero-order valence-electron chi connectivity index (χ0n) is 9.85. The third-order valence-electron chi connectivity index (χ3n) is 3.53.